The van der Waals surface area contributed by atoms with Crippen molar-refractivity contribution in [3.05, 3.63) is 52.0 Å². The number of Topliss-reactive ketones (excluding diaryl/α,β-unsaturated/α-hetero) is 1. The summed E-state index contributed by atoms with van der Waals surface area (Å²) in [6.07, 6.45) is 4.69. The van der Waals surface area contributed by atoms with Crippen LogP contribution in [-0.4, -0.2) is 26.2 Å². The van der Waals surface area contributed by atoms with E-state index in [1.807, 2.05) is 0 Å². The number of anilines is 1. The molecule has 1 aliphatic carbocycles. The standard InChI is InChI=1S/C22H21FN4O3/c1-4-17(28)15-7-11(2)13(9-24-15)19-20(23)14-10-25-18(26-21(29)12-5-6-12)8-16(14)27(3)22(19)30/h7-10,12H,4-6H2,1-3H3,(H,25,26,29). The van der Waals surface area contributed by atoms with E-state index >= 15 is 4.39 Å². The molecule has 1 saturated carbocycles. The third-order valence-corrected chi connectivity index (χ3v) is 5.40. The molecule has 3 heterocycles. The normalized spacial score (nSPS) is 13.5. The molecule has 0 spiro atoms. The van der Waals surface area contributed by atoms with Crippen molar-refractivity contribution in [3.8, 4) is 11.1 Å². The van der Waals surface area contributed by atoms with Gasteiger partial charge in [0.2, 0.25) is 5.91 Å². The maximum Gasteiger partial charge on any atom is 0.261 e. The molecule has 0 aliphatic heterocycles. The number of aromatic nitrogens is 3. The van der Waals surface area contributed by atoms with E-state index in [1.165, 1.54) is 30.1 Å². The first-order valence-corrected chi connectivity index (χ1v) is 9.81. The number of halogens is 1. The van der Waals surface area contributed by atoms with Gasteiger partial charge in [-0.2, -0.15) is 0 Å². The summed E-state index contributed by atoms with van der Waals surface area (Å²) >= 11 is 0. The number of carbonyl (C=O) groups excluding carboxylic acids is 2. The lowest BCUT2D eigenvalue weighted by Gasteiger charge is -2.14. The molecular formula is C22H21FN4O3. The lowest BCUT2D eigenvalue weighted by Crippen LogP contribution is -2.22. The fraction of sp³-hybridized carbons (Fsp3) is 0.318. The van der Waals surface area contributed by atoms with Crippen molar-refractivity contribution in [2.75, 3.05) is 5.32 Å². The second kappa shape index (κ2) is 7.44. The highest BCUT2D eigenvalue weighted by atomic mass is 19.1. The van der Waals surface area contributed by atoms with Crippen molar-refractivity contribution < 1.29 is 14.0 Å². The molecule has 1 N–H and O–H groups in total. The second-order valence-corrected chi connectivity index (χ2v) is 7.56. The van der Waals surface area contributed by atoms with Crippen molar-refractivity contribution in [1.82, 2.24) is 14.5 Å². The first-order chi connectivity index (χ1) is 14.3. The minimum Gasteiger partial charge on any atom is -0.310 e. The van der Waals surface area contributed by atoms with Crippen LogP contribution in [0.3, 0.4) is 0 Å². The number of amides is 1. The van der Waals surface area contributed by atoms with Gasteiger partial charge >= 0.3 is 0 Å². The van der Waals surface area contributed by atoms with E-state index in [1.54, 1.807) is 19.9 Å². The van der Waals surface area contributed by atoms with Crippen LogP contribution in [0.1, 0.15) is 42.2 Å². The number of carbonyl (C=O) groups is 2. The Morgan fingerprint density at radius 2 is 1.97 bits per heavy atom. The molecule has 3 aromatic heterocycles. The molecule has 154 valence electrons. The van der Waals surface area contributed by atoms with E-state index in [0.29, 0.717) is 23.1 Å². The van der Waals surface area contributed by atoms with Gasteiger partial charge in [0, 0.05) is 43.4 Å². The fourth-order valence-electron chi connectivity index (χ4n) is 3.42. The second-order valence-electron chi connectivity index (χ2n) is 7.56. The predicted molar refractivity (Wildman–Crippen MR) is 111 cm³/mol. The summed E-state index contributed by atoms with van der Waals surface area (Å²) in [5.41, 5.74) is 0.861. The first kappa shape index (κ1) is 19.9. The number of pyridine rings is 3. The Bertz CT molecular complexity index is 1260. The lowest BCUT2D eigenvalue weighted by molar-refractivity contribution is -0.117. The fourth-order valence-corrected chi connectivity index (χ4v) is 3.42. The van der Waals surface area contributed by atoms with E-state index in [0.717, 1.165) is 12.8 Å². The molecule has 8 heteroatoms. The molecule has 1 aliphatic rings. The number of aryl methyl sites for hydroxylation is 2. The largest absolute Gasteiger partial charge is 0.310 e. The van der Waals surface area contributed by atoms with Crippen LogP contribution in [0.2, 0.25) is 0 Å². The minimum atomic E-state index is -0.708. The molecule has 30 heavy (non-hydrogen) atoms. The van der Waals surface area contributed by atoms with Crippen LogP contribution in [0.15, 0.2) is 29.3 Å². The first-order valence-electron chi connectivity index (χ1n) is 9.81. The van der Waals surface area contributed by atoms with Crippen molar-refractivity contribution in [2.45, 2.75) is 33.1 Å². The maximum atomic E-state index is 15.4. The molecular weight excluding hydrogens is 387 g/mol. The third-order valence-electron chi connectivity index (χ3n) is 5.40. The van der Waals surface area contributed by atoms with Crippen LogP contribution in [0.25, 0.3) is 22.0 Å². The van der Waals surface area contributed by atoms with Gasteiger partial charge in [-0.3, -0.25) is 19.4 Å². The Kier molecular flexibility index (Phi) is 4.93. The number of nitrogens with zero attached hydrogens (tertiary/aromatic N) is 3. The van der Waals surface area contributed by atoms with Crippen molar-refractivity contribution in [1.29, 1.82) is 0 Å². The van der Waals surface area contributed by atoms with E-state index < -0.39 is 11.4 Å². The topological polar surface area (TPSA) is 94.0 Å². The van der Waals surface area contributed by atoms with Gasteiger partial charge in [0.25, 0.3) is 5.56 Å². The molecule has 3 aromatic rings. The summed E-state index contributed by atoms with van der Waals surface area (Å²) in [6.45, 7) is 3.45. The van der Waals surface area contributed by atoms with Gasteiger partial charge in [-0.1, -0.05) is 6.92 Å². The molecule has 7 nitrogen and oxygen atoms in total. The van der Waals surface area contributed by atoms with Gasteiger partial charge in [0.1, 0.15) is 17.3 Å². The summed E-state index contributed by atoms with van der Waals surface area (Å²) in [7, 11) is 1.54. The smallest absolute Gasteiger partial charge is 0.261 e. The van der Waals surface area contributed by atoms with Gasteiger partial charge in [0.15, 0.2) is 5.78 Å². The van der Waals surface area contributed by atoms with E-state index in [4.69, 9.17) is 0 Å². The van der Waals surface area contributed by atoms with E-state index in [2.05, 4.69) is 15.3 Å². The average Bonchev–Trinajstić information content (AvgIpc) is 3.58. The zero-order valence-corrected chi connectivity index (χ0v) is 17.0. The van der Waals surface area contributed by atoms with Gasteiger partial charge in [-0.25, -0.2) is 9.37 Å². The molecule has 0 atom stereocenters. The van der Waals surface area contributed by atoms with Gasteiger partial charge < -0.3 is 9.88 Å². The molecule has 0 saturated heterocycles. The monoisotopic (exact) mass is 408 g/mol. The van der Waals surface area contributed by atoms with Crippen LogP contribution in [0.4, 0.5) is 10.2 Å². The highest BCUT2D eigenvalue weighted by Crippen LogP contribution is 2.31. The van der Waals surface area contributed by atoms with Crippen molar-refractivity contribution >= 4 is 28.4 Å². The highest BCUT2D eigenvalue weighted by Gasteiger charge is 2.30. The molecule has 0 radical (unpaired) electrons. The number of nitrogens with one attached hydrogen (secondary N) is 1. The SMILES string of the molecule is CCC(=O)c1cc(C)c(-c2c(F)c3cnc(NC(=O)C4CC4)cc3n(C)c2=O)cn1. The summed E-state index contributed by atoms with van der Waals surface area (Å²) in [5, 5.41) is 2.87. The Labute approximate surface area is 172 Å². The van der Waals surface area contributed by atoms with Gasteiger partial charge in [-0.15, -0.1) is 0 Å². The molecule has 0 unspecified atom stereocenters. The summed E-state index contributed by atoms with van der Waals surface area (Å²) in [6, 6.07) is 3.07. The highest BCUT2D eigenvalue weighted by molar-refractivity contribution is 5.96. The zero-order chi connectivity index (χ0) is 21.6. The van der Waals surface area contributed by atoms with Crippen LogP contribution in [-0.2, 0) is 11.8 Å². The zero-order valence-electron chi connectivity index (χ0n) is 17.0. The van der Waals surface area contributed by atoms with E-state index in [9.17, 15) is 14.4 Å². The Morgan fingerprint density at radius 3 is 2.60 bits per heavy atom. The molecule has 0 bridgehead atoms. The van der Waals surface area contributed by atoms with Crippen molar-refractivity contribution in [2.24, 2.45) is 13.0 Å². The Hall–Kier alpha value is -3.42. The molecule has 1 fully saturated rings. The number of ketones is 1. The molecule has 0 aromatic carbocycles. The van der Waals surface area contributed by atoms with Gasteiger partial charge in [0.05, 0.1) is 16.5 Å². The Morgan fingerprint density at radius 1 is 1.23 bits per heavy atom. The molecule has 4 rings (SSSR count). The summed E-state index contributed by atoms with van der Waals surface area (Å²) in [5.74, 6) is -0.667. The van der Waals surface area contributed by atoms with Crippen LogP contribution in [0, 0.1) is 18.7 Å². The Balaban J connectivity index is 1.83. The summed E-state index contributed by atoms with van der Waals surface area (Å²) in [4.78, 5) is 45.1. The van der Waals surface area contributed by atoms with E-state index in [-0.39, 0.29) is 40.1 Å². The third kappa shape index (κ3) is 3.38. The van der Waals surface area contributed by atoms with Gasteiger partial charge in [-0.05, 0) is 31.4 Å². The molecule has 1 amide bonds. The minimum absolute atomic E-state index is 0.00321. The van der Waals surface area contributed by atoms with Crippen LogP contribution >= 0.6 is 0 Å². The number of fused-ring (bicyclic) bond motifs is 1. The average molecular weight is 408 g/mol. The summed E-state index contributed by atoms with van der Waals surface area (Å²) < 4.78 is 16.7. The number of hydrogen-bond donors (Lipinski definition) is 1. The van der Waals surface area contributed by atoms with Crippen molar-refractivity contribution in [3.63, 3.8) is 0 Å². The van der Waals surface area contributed by atoms with Crippen LogP contribution in [0.5, 0.6) is 0 Å². The van der Waals surface area contributed by atoms with Crippen LogP contribution < -0.4 is 10.9 Å². The predicted octanol–water partition coefficient (Wildman–Crippen LogP) is 3.38. The number of rotatable bonds is 5. The lowest BCUT2D eigenvalue weighted by atomic mass is 10.0. The number of hydrogen-bond acceptors (Lipinski definition) is 5. The quantitative estimate of drug-likeness (QED) is 0.653. The maximum absolute atomic E-state index is 15.4.